The Morgan fingerprint density at radius 3 is 2.62 bits per heavy atom. The van der Waals surface area contributed by atoms with Crippen LogP contribution in [0.15, 0.2) is 67.3 Å². The highest BCUT2D eigenvalue weighted by atomic mass is 32.1. The van der Waals surface area contributed by atoms with Crippen molar-refractivity contribution in [1.82, 2.24) is 20.1 Å². The number of anilines is 1. The van der Waals surface area contributed by atoms with Crippen LogP contribution in [0.5, 0.6) is 0 Å². The maximum Gasteiger partial charge on any atom is 0.257 e. The molecule has 0 radical (unpaired) electrons. The van der Waals surface area contributed by atoms with Gasteiger partial charge in [0, 0.05) is 36.2 Å². The number of aryl methyl sites for hydroxylation is 1. The first kappa shape index (κ1) is 22.0. The number of nitrogens with one attached hydrogen (secondary N) is 2. The normalized spacial score (nSPS) is 12.7. The molecule has 0 unspecified atom stereocenters. The number of pyridine rings is 1. The first-order valence-corrected chi connectivity index (χ1v) is 12.2. The van der Waals surface area contributed by atoms with Gasteiger partial charge in [-0.15, -0.1) is 11.3 Å². The van der Waals surface area contributed by atoms with Gasteiger partial charge in [-0.3, -0.25) is 19.3 Å². The molecule has 0 saturated carbocycles. The Morgan fingerprint density at radius 2 is 1.82 bits per heavy atom. The molecule has 5 rings (SSSR count). The van der Waals surface area contributed by atoms with E-state index in [9.17, 15) is 9.59 Å². The second-order valence-electron chi connectivity index (χ2n) is 8.27. The zero-order chi connectivity index (χ0) is 23.3. The van der Waals surface area contributed by atoms with Crippen LogP contribution in [0.1, 0.15) is 55.1 Å². The number of amides is 2. The molecule has 0 aliphatic heterocycles. The fourth-order valence-corrected chi connectivity index (χ4v) is 5.56. The average molecular weight is 472 g/mol. The Labute approximate surface area is 201 Å². The molecule has 2 amide bonds. The predicted molar refractivity (Wildman–Crippen MR) is 132 cm³/mol. The van der Waals surface area contributed by atoms with Crippen LogP contribution in [-0.4, -0.2) is 26.6 Å². The predicted octanol–water partition coefficient (Wildman–Crippen LogP) is 4.45. The average Bonchev–Trinajstić information content (AvgIpc) is 3.51. The summed E-state index contributed by atoms with van der Waals surface area (Å²) in [6.07, 6.45) is 10.8. The standard InChI is InChI=1S/C26H25N5O2S/c32-24(19-9-5-12-27-15-19)30-26-23(21-10-3-4-11-22(21)34-26)25(33)28-16-18-7-1-2-8-20(18)17-31-14-6-13-29-31/h1-2,5-9,12-15H,3-4,10-11,16-17H2,(H,28,33)(H,30,32). The van der Waals surface area contributed by atoms with Gasteiger partial charge in [-0.25, -0.2) is 0 Å². The summed E-state index contributed by atoms with van der Waals surface area (Å²) in [4.78, 5) is 31.4. The summed E-state index contributed by atoms with van der Waals surface area (Å²) in [5, 5.41) is 11.0. The Morgan fingerprint density at radius 1 is 0.971 bits per heavy atom. The maximum absolute atomic E-state index is 13.4. The molecule has 0 fully saturated rings. The molecular formula is C26H25N5O2S. The van der Waals surface area contributed by atoms with E-state index in [2.05, 4.69) is 26.8 Å². The van der Waals surface area contributed by atoms with Gasteiger partial charge in [-0.2, -0.15) is 5.10 Å². The van der Waals surface area contributed by atoms with Crippen molar-refractivity contribution in [1.29, 1.82) is 0 Å². The number of hydrogen-bond acceptors (Lipinski definition) is 5. The van der Waals surface area contributed by atoms with Crippen LogP contribution in [0.2, 0.25) is 0 Å². The number of nitrogens with zero attached hydrogens (tertiary/aromatic N) is 3. The van der Waals surface area contributed by atoms with Crippen molar-refractivity contribution in [2.75, 3.05) is 5.32 Å². The Kier molecular flexibility index (Phi) is 6.49. The molecular weight excluding hydrogens is 446 g/mol. The van der Waals surface area contributed by atoms with Crippen LogP contribution in [0.4, 0.5) is 5.00 Å². The number of thiophene rings is 1. The van der Waals surface area contributed by atoms with E-state index < -0.39 is 0 Å². The summed E-state index contributed by atoms with van der Waals surface area (Å²) in [6.45, 7) is 1.04. The van der Waals surface area contributed by atoms with E-state index in [0.717, 1.165) is 42.4 Å². The number of fused-ring (bicyclic) bond motifs is 1. The molecule has 0 saturated heterocycles. The molecule has 1 aliphatic rings. The quantitative estimate of drug-likeness (QED) is 0.417. The highest BCUT2D eigenvalue weighted by Crippen LogP contribution is 2.38. The van der Waals surface area contributed by atoms with Crippen molar-refractivity contribution < 1.29 is 9.59 Å². The number of carbonyl (C=O) groups excluding carboxylic acids is 2. The molecule has 3 heterocycles. The summed E-state index contributed by atoms with van der Waals surface area (Å²) < 4.78 is 1.86. The monoisotopic (exact) mass is 471 g/mol. The maximum atomic E-state index is 13.4. The van der Waals surface area contributed by atoms with Gasteiger partial charge in [0.05, 0.1) is 17.7 Å². The smallest absolute Gasteiger partial charge is 0.257 e. The van der Waals surface area contributed by atoms with E-state index in [1.165, 1.54) is 22.4 Å². The molecule has 8 heteroatoms. The van der Waals surface area contributed by atoms with Gasteiger partial charge < -0.3 is 10.6 Å². The van der Waals surface area contributed by atoms with Crippen molar-refractivity contribution in [3.8, 4) is 0 Å². The Bertz CT molecular complexity index is 1300. The highest BCUT2D eigenvalue weighted by molar-refractivity contribution is 7.17. The van der Waals surface area contributed by atoms with Crippen LogP contribution in [-0.2, 0) is 25.9 Å². The van der Waals surface area contributed by atoms with Crippen LogP contribution in [0.3, 0.4) is 0 Å². The van der Waals surface area contributed by atoms with Gasteiger partial charge in [0.2, 0.25) is 0 Å². The number of hydrogen-bond donors (Lipinski definition) is 2. The first-order valence-electron chi connectivity index (χ1n) is 11.4. The lowest BCUT2D eigenvalue weighted by Gasteiger charge is -2.14. The zero-order valence-corrected chi connectivity index (χ0v) is 19.5. The van der Waals surface area contributed by atoms with Crippen molar-refractivity contribution in [2.45, 2.75) is 38.8 Å². The molecule has 2 N–H and O–H groups in total. The van der Waals surface area contributed by atoms with Gasteiger partial charge in [-0.1, -0.05) is 24.3 Å². The molecule has 0 atom stereocenters. The van der Waals surface area contributed by atoms with Crippen molar-refractivity contribution in [2.24, 2.45) is 0 Å². The second kappa shape index (κ2) is 10.0. The SMILES string of the molecule is O=C(Nc1sc2c(c1C(=O)NCc1ccccc1Cn1cccn1)CCCC2)c1cccnc1. The van der Waals surface area contributed by atoms with Gasteiger partial charge in [-0.05, 0) is 60.6 Å². The highest BCUT2D eigenvalue weighted by Gasteiger charge is 2.26. The fourth-order valence-electron chi connectivity index (χ4n) is 4.28. The molecule has 34 heavy (non-hydrogen) atoms. The van der Waals surface area contributed by atoms with Crippen LogP contribution in [0.25, 0.3) is 0 Å². The largest absolute Gasteiger partial charge is 0.348 e. The van der Waals surface area contributed by atoms with Gasteiger partial charge in [0.15, 0.2) is 0 Å². The minimum Gasteiger partial charge on any atom is -0.348 e. The third-order valence-corrected chi connectivity index (χ3v) is 7.21. The minimum atomic E-state index is -0.259. The van der Waals surface area contributed by atoms with Gasteiger partial charge in [0.1, 0.15) is 5.00 Å². The van der Waals surface area contributed by atoms with Crippen molar-refractivity contribution in [3.63, 3.8) is 0 Å². The van der Waals surface area contributed by atoms with Gasteiger partial charge in [0.25, 0.3) is 11.8 Å². The van der Waals surface area contributed by atoms with Crippen LogP contribution < -0.4 is 10.6 Å². The number of carbonyl (C=O) groups is 2. The van der Waals surface area contributed by atoms with Crippen molar-refractivity contribution in [3.05, 3.63) is 99.9 Å². The summed E-state index contributed by atoms with van der Waals surface area (Å²) in [7, 11) is 0. The molecule has 1 aliphatic carbocycles. The van der Waals surface area contributed by atoms with Crippen molar-refractivity contribution >= 4 is 28.2 Å². The van der Waals surface area contributed by atoms with E-state index in [0.29, 0.717) is 29.2 Å². The number of aromatic nitrogens is 3. The third-order valence-electron chi connectivity index (χ3n) is 6.00. The minimum absolute atomic E-state index is 0.158. The molecule has 7 nitrogen and oxygen atoms in total. The Hall–Kier alpha value is -3.78. The van der Waals surface area contributed by atoms with Gasteiger partial charge >= 0.3 is 0 Å². The molecule has 0 bridgehead atoms. The summed E-state index contributed by atoms with van der Waals surface area (Å²) in [6, 6.07) is 13.4. The lowest BCUT2D eigenvalue weighted by molar-refractivity contribution is 0.0951. The lowest BCUT2D eigenvalue weighted by atomic mass is 9.95. The molecule has 4 aromatic rings. The molecule has 0 spiro atoms. The molecule has 1 aromatic carbocycles. The molecule has 3 aromatic heterocycles. The van der Waals surface area contributed by atoms with Crippen LogP contribution in [0, 0.1) is 0 Å². The van der Waals surface area contributed by atoms with E-state index in [-0.39, 0.29) is 11.8 Å². The van der Waals surface area contributed by atoms with E-state index in [1.807, 2.05) is 35.1 Å². The number of rotatable bonds is 7. The fraction of sp³-hybridized carbons (Fsp3) is 0.231. The van der Waals surface area contributed by atoms with E-state index in [1.54, 1.807) is 24.5 Å². The lowest BCUT2D eigenvalue weighted by Crippen LogP contribution is -2.26. The summed E-state index contributed by atoms with van der Waals surface area (Å²) >= 11 is 1.52. The topological polar surface area (TPSA) is 88.9 Å². The van der Waals surface area contributed by atoms with E-state index >= 15 is 0 Å². The number of benzene rings is 1. The third kappa shape index (κ3) is 4.77. The summed E-state index contributed by atoms with van der Waals surface area (Å²) in [5.41, 5.74) is 4.27. The summed E-state index contributed by atoms with van der Waals surface area (Å²) in [5.74, 6) is -0.417. The molecule has 172 valence electrons. The first-order chi connectivity index (χ1) is 16.7. The zero-order valence-electron chi connectivity index (χ0n) is 18.7. The second-order valence-corrected chi connectivity index (χ2v) is 9.37. The Balaban J connectivity index is 1.37. The van der Waals surface area contributed by atoms with Crippen LogP contribution >= 0.6 is 11.3 Å². The van der Waals surface area contributed by atoms with E-state index in [4.69, 9.17) is 0 Å².